The van der Waals surface area contributed by atoms with Gasteiger partial charge in [0.1, 0.15) is 0 Å². The van der Waals surface area contributed by atoms with Crippen LogP contribution in [0, 0.1) is 17.8 Å². The normalized spacial score (nSPS) is 23.4. The number of ether oxygens (including phenoxy) is 1. The molecule has 1 N–H and O–H groups in total. The zero-order chi connectivity index (χ0) is 13.0. The SMILES string of the molecule is CC(C(=O)N(C)CCC1CCOCC1)C1CNC1. The van der Waals surface area contributed by atoms with Crippen LogP contribution in [0.1, 0.15) is 26.2 Å². The highest BCUT2D eigenvalue weighted by molar-refractivity contribution is 5.78. The number of hydrogen-bond donors (Lipinski definition) is 1. The molecule has 2 aliphatic rings. The second kappa shape index (κ2) is 6.53. The third kappa shape index (κ3) is 3.45. The predicted octanol–water partition coefficient (Wildman–Crippen LogP) is 1.12. The number of rotatable bonds is 5. The largest absolute Gasteiger partial charge is 0.381 e. The Hall–Kier alpha value is -0.610. The van der Waals surface area contributed by atoms with Crippen molar-refractivity contribution in [3.8, 4) is 0 Å². The van der Waals surface area contributed by atoms with Gasteiger partial charge in [-0.3, -0.25) is 4.79 Å². The first-order chi connectivity index (χ1) is 8.68. The van der Waals surface area contributed by atoms with Crippen molar-refractivity contribution >= 4 is 5.91 Å². The van der Waals surface area contributed by atoms with E-state index in [1.165, 1.54) is 0 Å². The van der Waals surface area contributed by atoms with Gasteiger partial charge in [0.15, 0.2) is 0 Å². The van der Waals surface area contributed by atoms with Crippen LogP contribution in [0.4, 0.5) is 0 Å². The van der Waals surface area contributed by atoms with E-state index in [9.17, 15) is 4.79 Å². The first kappa shape index (κ1) is 13.8. The molecule has 0 aliphatic carbocycles. The summed E-state index contributed by atoms with van der Waals surface area (Å²) >= 11 is 0. The van der Waals surface area contributed by atoms with E-state index in [2.05, 4.69) is 12.2 Å². The Balaban J connectivity index is 1.69. The number of carbonyl (C=O) groups is 1. The smallest absolute Gasteiger partial charge is 0.225 e. The van der Waals surface area contributed by atoms with Gasteiger partial charge in [-0.1, -0.05) is 6.92 Å². The maximum Gasteiger partial charge on any atom is 0.225 e. The van der Waals surface area contributed by atoms with Gasteiger partial charge in [0, 0.05) is 32.7 Å². The molecule has 2 fully saturated rings. The van der Waals surface area contributed by atoms with E-state index in [0.29, 0.717) is 11.8 Å². The molecule has 0 bridgehead atoms. The molecule has 0 aromatic rings. The summed E-state index contributed by atoms with van der Waals surface area (Å²) in [6, 6.07) is 0. The second-order valence-corrected chi connectivity index (χ2v) is 5.81. The van der Waals surface area contributed by atoms with E-state index in [4.69, 9.17) is 4.74 Å². The summed E-state index contributed by atoms with van der Waals surface area (Å²) in [7, 11) is 1.95. The molecule has 1 amide bonds. The van der Waals surface area contributed by atoms with Crippen LogP contribution in [-0.4, -0.2) is 50.7 Å². The van der Waals surface area contributed by atoms with Crippen LogP contribution >= 0.6 is 0 Å². The van der Waals surface area contributed by atoms with Crippen molar-refractivity contribution in [3.63, 3.8) is 0 Å². The van der Waals surface area contributed by atoms with Gasteiger partial charge in [-0.2, -0.15) is 0 Å². The second-order valence-electron chi connectivity index (χ2n) is 5.81. The quantitative estimate of drug-likeness (QED) is 0.799. The molecule has 4 nitrogen and oxygen atoms in total. The zero-order valence-electron chi connectivity index (χ0n) is 11.7. The van der Waals surface area contributed by atoms with Gasteiger partial charge in [-0.15, -0.1) is 0 Å². The lowest BCUT2D eigenvalue weighted by Gasteiger charge is -2.34. The summed E-state index contributed by atoms with van der Waals surface area (Å²) in [5.74, 6) is 1.78. The summed E-state index contributed by atoms with van der Waals surface area (Å²) < 4.78 is 5.36. The van der Waals surface area contributed by atoms with Gasteiger partial charge in [0.05, 0.1) is 0 Å². The molecule has 0 aromatic heterocycles. The van der Waals surface area contributed by atoms with Crippen LogP contribution in [0.15, 0.2) is 0 Å². The van der Waals surface area contributed by atoms with Crippen LogP contribution in [0.5, 0.6) is 0 Å². The van der Waals surface area contributed by atoms with Gasteiger partial charge in [-0.25, -0.2) is 0 Å². The van der Waals surface area contributed by atoms with Gasteiger partial charge < -0.3 is 15.0 Å². The van der Waals surface area contributed by atoms with Gasteiger partial charge in [0.2, 0.25) is 5.91 Å². The Morgan fingerprint density at radius 1 is 1.39 bits per heavy atom. The van der Waals surface area contributed by atoms with Crippen molar-refractivity contribution in [1.82, 2.24) is 10.2 Å². The molecule has 18 heavy (non-hydrogen) atoms. The monoisotopic (exact) mass is 254 g/mol. The lowest BCUT2D eigenvalue weighted by Crippen LogP contribution is -2.50. The number of amides is 1. The van der Waals surface area contributed by atoms with Gasteiger partial charge in [0.25, 0.3) is 0 Å². The predicted molar refractivity (Wildman–Crippen MR) is 71.3 cm³/mol. The average Bonchev–Trinajstić information content (AvgIpc) is 2.34. The molecule has 4 heteroatoms. The Morgan fingerprint density at radius 3 is 2.61 bits per heavy atom. The molecule has 2 saturated heterocycles. The topological polar surface area (TPSA) is 41.6 Å². The van der Waals surface area contributed by atoms with Crippen LogP contribution in [0.2, 0.25) is 0 Å². The fraction of sp³-hybridized carbons (Fsp3) is 0.929. The molecule has 2 rings (SSSR count). The standard InChI is InChI=1S/C14H26N2O2/c1-11(13-9-15-10-13)14(17)16(2)6-3-12-4-7-18-8-5-12/h11-13,15H,3-10H2,1-2H3. The van der Waals surface area contributed by atoms with Crippen molar-refractivity contribution < 1.29 is 9.53 Å². The van der Waals surface area contributed by atoms with Crippen molar-refractivity contribution in [3.05, 3.63) is 0 Å². The fourth-order valence-corrected chi connectivity index (χ4v) is 2.74. The number of hydrogen-bond acceptors (Lipinski definition) is 3. The Bertz CT molecular complexity index is 273. The lowest BCUT2D eigenvalue weighted by molar-refractivity contribution is -0.136. The number of nitrogens with zero attached hydrogens (tertiary/aromatic N) is 1. The molecule has 0 radical (unpaired) electrons. The average molecular weight is 254 g/mol. The lowest BCUT2D eigenvalue weighted by atomic mass is 9.88. The number of nitrogens with one attached hydrogen (secondary N) is 1. The Morgan fingerprint density at radius 2 is 2.06 bits per heavy atom. The maximum atomic E-state index is 12.2. The Labute approximate surface area is 110 Å². The highest BCUT2D eigenvalue weighted by Crippen LogP contribution is 2.21. The zero-order valence-corrected chi connectivity index (χ0v) is 11.7. The molecular formula is C14H26N2O2. The minimum atomic E-state index is 0.172. The van der Waals surface area contributed by atoms with Crippen molar-refractivity contribution in [2.45, 2.75) is 26.2 Å². The highest BCUT2D eigenvalue weighted by atomic mass is 16.5. The summed E-state index contributed by atoms with van der Waals surface area (Å²) in [6.07, 6.45) is 3.44. The molecule has 0 aromatic carbocycles. The van der Waals surface area contributed by atoms with E-state index in [1.54, 1.807) is 0 Å². The Kier molecular flexibility index (Phi) is 5.01. The summed E-state index contributed by atoms with van der Waals surface area (Å²) in [6.45, 7) is 6.76. The molecule has 104 valence electrons. The maximum absolute atomic E-state index is 12.2. The van der Waals surface area contributed by atoms with Gasteiger partial charge in [-0.05, 0) is 44.2 Å². The molecule has 1 atom stereocenters. The summed E-state index contributed by atoms with van der Waals surface area (Å²) in [4.78, 5) is 14.2. The fourth-order valence-electron chi connectivity index (χ4n) is 2.74. The van der Waals surface area contributed by atoms with Crippen LogP contribution in [-0.2, 0) is 9.53 Å². The third-order valence-corrected chi connectivity index (χ3v) is 4.50. The molecular weight excluding hydrogens is 228 g/mol. The first-order valence-corrected chi connectivity index (χ1v) is 7.22. The van der Waals surface area contributed by atoms with E-state index >= 15 is 0 Å². The van der Waals surface area contributed by atoms with Gasteiger partial charge >= 0.3 is 0 Å². The molecule has 2 heterocycles. The number of carbonyl (C=O) groups excluding carboxylic acids is 1. The van der Waals surface area contributed by atoms with E-state index in [1.807, 2.05) is 11.9 Å². The molecule has 0 spiro atoms. The van der Waals surface area contributed by atoms with Crippen molar-refractivity contribution in [2.24, 2.45) is 17.8 Å². The van der Waals surface area contributed by atoms with E-state index < -0.39 is 0 Å². The minimum Gasteiger partial charge on any atom is -0.381 e. The molecule has 0 saturated carbocycles. The van der Waals surface area contributed by atoms with Crippen molar-refractivity contribution in [2.75, 3.05) is 39.9 Å². The van der Waals surface area contributed by atoms with Crippen molar-refractivity contribution in [1.29, 1.82) is 0 Å². The highest BCUT2D eigenvalue weighted by Gasteiger charge is 2.30. The minimum absolute atomic E-state index is 0.172. The first-order valence-electron chi connectivity index (χ1n) is 7.22. The molecule has 2 aliphatic heterocycles. The van der Waals surface area contributed by atoms with E-state index in [-0.39, 0.29) is 5.92 Å². The summed E-state index contributed by atoms with van der Waals surface area (Å²) in [5, 5.41) is 3.23. The van der Waals surface area contributed by atoms with Crippen LogP contribution in [0.25, 0.3) is 0 Å². The van der Waals surface area contributed by atoms with E-state index in [0.717, 1.165) is 58.0 Å². The third-order valence-electron chi connectivity index (χ3n) is 4.50. The summed E-state index contributed by atoms with van der Waals surface area (Å²) in [5.41, 5.74) is 0. The molecule has 1 unspecified atom stereocenters. The van der Waals surface area contributed by atoms with Crippen LogP contribution < -0.4 is 5.32 Å². The van der Waals surface area contributed by atoms with Crippen LogP contribution in [0.3, 0.4) is 0 Å².